The second-order valence-corrected chi connectivity index (χ2v) is 11.4. The number of hydrogen-bond acceptors (Lipinski definition) is 8. The molecule has 0 radical (unpaired) electrons. The van der Waals surface area contributed by atoms with Gasteiger partial charge in [0.15, 0.2) is 5.84 Å². The first-order chi connectivity index (χ1) is 21.9. The van der Waals surface area contributed by atoms with E-state index in [1.165, 1.54) is 0 Å². The van der Waals surface area contributed by atoms with Crippen LogP contribution in [0.4, 0.5) is 5.69 Å². The molecule has 2 aromatic carbocycles. The summed E-state index contributed by atoms with van der Waals surface area (Å²) in [5.41, 5.74) is 7.20. The molecule has 9 nitrogen and oxygen atoms in total. The number of carbonyl (C=O) groups is 1. The number of carbonyl (C=O) groups excluding carboxylic acids is 1. The highest BCUT2D eigenvalue weighted by Gasteiger charge is 2.23. The lowest BCUT2D eigenvalue weighted by Gasteiger charge is -2.25. The number of aliphatic imine (C=N–C) groups is 1. The van der Waals surface area contributed by atoms with Crippen molar-refractivity contribution in [3.05, 3.63) is 111 Å². The van der Waals surface area contributed by atoms with Crippen molar-refractivity contribution in [3.63, 3.8) is 0 Å². The van der Waals surface area contributed by atoms with Gasteiger partial charge < -0.3 is 31.1 Å². The monoisotopic (exact) mass is 646 g/mol. The summed E-state index contributed by atoms with van der Waals surface area (Å²) in [7, 11) is 0. The smallest absolute Gasteiger partial charge is 0.274 e. The Balaban J connectivity index is 1.36. The lowest BCUT2D eigenvalue weighted by atomic mass is 9.94. The molecule has 3 heterocycles. The lowest BCUT2D eigenvalue weighted by Crippen LogP contribution is -2.31. The van der Waals surface area contributed by atoms with E-state index in [4.69, 9.17) is 38.4 Å². The van der Waals surface area contributed by atoms with Gasteiger partial charge >= 0.3 is 0 Å². The summed E-state index contributed by atoms with van der Waals surface area (Å²) < 4.78 is 0. The first kappa shape index (κ1) is 32.6. The molecule has 45 heavy (non-hydrogen) atoms. The average Bonchev–Trinajstić information content (AvgIpc) is 3.26. The Morgan fingerprint density at radius 2 is 1.69 bits per heavy atom. The maximum atomic E-state index is 13.0. The van der Waals surface area contributed by atoms with Crippen LogP contribution in [0.3, 0.4) is 0 Å². The fraction of sp³-hybridized carbons (Fsp3) is 0.265. The normalized spacial score (nSPS) is 14.6. The molecule has 11 heteroatoms. The fourth-order valence-electron chi connectivity index (χ4n) is 5.23. The van der Waals surface area contributed by atoms with Gasteiger partial charge in [0.1, 0.15) is 5.69 Å². The molecule has 3 aromatic rings. The fourth-order valence-corrected chi connectivity index (χ4v) is 5.80. The number of hydrogen-bond donors (Lipinski definition) is 5. The van der Waals surface area contributed by atoms with Crippen LogP contribution in [0.2, 0.25) is 5.02 Å². The van der Waals surface area contributed by atoms with Crippen LogP contribution >= 0.6 is 23.2 Å². The Morgan fingerprint density at radius 1 is 0.956 bits per heavy atom. The van der Waals surface area contributed by atoms with Crippen LogP contribution in [0.25, 0.3) is 16.8 Å². The zero-order valence-electron chi connectivity index (χ0n) is 25.0. The van der Waals surface area contributed by atoms with Gasteiger partial charge in [0, 0.05) is 56.2 Å². The van der Waals surface area contributed by atoms with E-state index in [0.717, 1.165) is 52.1 Å². The number of nitrogens with zero attached hydrogens (tertiary/aromatic N) is 3. The molecule has 0 spiro atoms. The molecule has 0 saturated carbocycles. The predicted molar refractivity (Wildman–Crippen MR) is 181 cm³/mol. The molecule has 0 saturated heterocycles. The molecule has 2 aliphatic heterocycles. The molecular weight excluding hydrogens is 611 g/mol. The van der Waals surface area contributed by atoms with Crippen LogP contribution in [-0.4, -0.2) is 71.2 Å². The molecule has 234 valence electrons. The summed E-state index contributed by atoms with van der Waals surface area (Å²) in [6.45, 7) is 5.07. The molecule has 1 amide bonds. The number of nitrogens with one attached hydrogen (secondary N) is 3. The molecule has 1 aromatic heterocycles. The largest absolute Gasteiger partial charge is 0.395 e. The van der Waals surface area contributed by atoms with Gasteiger partial charge in [0.05, 0.1) is 34.7 Å². The predicted octanol–water partition coefficient (Wildman–Crippen LogP) is 5.09. The Kier molecular flexibility index (Phi) is 11.2. The van der Waals surface area contributed by atoms with Crippen LogP contribution in [-0.2, 0) is 6.54 Å². The van der Waals surface area contributed by atoms with Gasteiger partial charge in [0.2, 0.25) is 0 Å². The molecule has 5 rings (SSSR count). The quantitative estimate of drug-likeness (QED) is 0.174. The van der Waals surface area contributed by atoms with Crippen molar-refractivity contribution in [1.82, 2.24) is 20.5 Å². The summed E-state index contributed by atoms with van der Waals surface area (Å²) in [5.74, 6) is 0.333. The van der Waals surface area contributed by atoms with Crippen LogP contribution < -0.4 is 16.0 Å². The van der Waals surface area contributed by atoms with Gasteiger partial charge in [-0.25, -0.2) is 4.99 Å². The SMILES string of the molecule is Cc1c(C2=CCCN3C=C(CNCCO)C=C(Cl)C3=N2)cccc1-c1cccc(NC(=O)c2ccc(CNCCO)cn2)c1Cl. The molecule has 0 unspecified atom stereocenters. The Bertz CT molecular complexity index is 1670. The van der Waals surface area contributed by atoms with Crippen molar-refractivity contribution >= 4 is 46.3 Å². The highest BCUT2D eigenvalue weighted by molar-refractivity contribution is 6.44. The molecule has 0 bridgehead atoms. The van der Waals surface area contributed by atoms with E-state index in [-0.39, 0.29) is 24.8 Å². The van der Waals surface area contributed by atoms with E-state index in [1.807, 2.05) is 49.4 Å². The van der Waals surface area contributed by atoms with Gasteiger partial charge in [-0.1, -0.05) is 65.7 Å². The molecule has 0 aliphatic carbocycles. The first-order valence-corrected chi connectivity index (χ1v) is 15.6. The minimum atomic E-state index is -0.364. The Labute approximate surface area is 273 Å². The number of amidine groups is 1. The van der Waals surface area contributed by atoms with Crippen molar-refractivity contribution in [2.75, 3.05) is 44.7 Å². The summed E-state index contributed by atoms with van der Waals surface area (Å²) in [5, 5.41) is 28.2. The van der Waals surface area contributed by atoms with Crippen LogP contribution in [0.5, 0.6) is 0 Å². The number of benzene rings is 2. The lowest BCUT2D eigenvalue weighted by molar-refractivity contribution is 0.102. The molecular formula is C34H36Cl2N6O3. The van der Waals surface area contributed by atoms with Gasteiger partial charge in [-0.3, -0.25) is 9.78 Å². The van der Waals surface area contributed by atoms with Crippen molar-refractivity contribution in [3.8, 4) is 11.1 Å². The topological polar surface area (TPSA) is 122 Å². The molecule has 0 atom stereocenters. The average molecular weight is 648 g/mol. The molecule has 0 fully saturated rings. The van der Waals surface area contributed by atoms with Gasteiger partial charge in [0.25, 0.3) is 5.91 Å². The Hall–Kier alpha value is -3.83. The molecule has 5 N–H and O–H groups in total. The van der Waals surface area contributed by atoms with E-state index in [0.29, 0.717) is 47.8 Å². The van der Waals surface area contributed by atoms with Crippen molar-refractivity contribution < 1.29 is 15.0 Å². The minimum Gasteiger partial charge on any atom is -0.395 e. The highest BCUT2D eigenvalue weighted by Crippen LogP contribution is 2.38. The zero-order chi connectivity index (χ0) is 31.8. The first-order valence-electron chi connectivity index (χ1n) is 14.8. The van der Waals surface area contributed by atoms with Crippen LogP contribution in [0, 0.1) is 6.92 Å². The number of aliphatic hydroxyl groups is 2. The Morgan fingerprint density at radius 3 is 2.44 bits per heavy atom. The number of pyridine rings is 1. The number of fused-ring (bicyclic) bond motifs is 1. The van der Waals surface area contributed by atoms with E-state index in [1.54, 1.807) is 18.3 Å². The maximum Gasteiger partial charge on any atom is 0.274 e. The number of halogens is 2. The number of anilines is 1. The molecule has 2 aliphatic rings. The number of rotatable bonds is 12. The van der Waals surface area contributed by atoms with E-state index < -0.39 is 0 Å². The number of aliphatic hydroxyl groups excluding tert-OH is 2. The van der Waals surface area contributed by atoms with Crippen molar-refractivity contribution in [2.45, 2.75) is 19.9 Å². The summed E-state index contributed by atoms with van der Waals surface area (Å²) in [6.07, 6.45) is 8.50. The summed E-state index contributed by atoms with van der Waals surface area (Å²) in [4.78, 5) is 24.4. The number of amides is 1. The zero-order valence-corrected chi connectivity index (χ0v) is 26.5. The van der Waals surface area contributed by atoms with Gasteiger partial charge in [-0.05, 0) is 53.8 Å². The maximum absolute atomic E-state index is 13.0. The van der Waals surface area contributed by atoms with E-state index in [9.17, 15) is 4.79 Å². The third-order valence-corrected chi connectivity index (χ3v) is 8.18. The van der Waals surface area contributed by atoms with Gasteiger partial charge in [-0.2, -0.15) is 0 Å². The summed E-state index contributed by atoms with van der Waals surface area (Å²) in [6, 6.07) is 15.1. The van der Waals surface area contributed by atoms with Gasteiger partial charge in [-0.15, -0.1) is 0 Å². The van der Waals surface area contributed by atoms with E-state index in [2.05, 4.69) is 38.1 Å². The minimum absolute atomic E-state index is 0.0556. The third kappa shape index (κ3) is 7.88. The van der Waals surface area contributed by atoms with Crippen LogP contribution in [0.15, 0.2) is 88.7 Å². The second-order valence-electron chi connectivity index (χ2n) is 10.7. The second kappa shape index (κ2) is 15.4. The standard InChI is InChI=1S/C34H36Cl2N6O3/c1-22-25(27-7-3-8-30(32(27)36)41-34(45)31-11-10-23(20-39-31)18-37-12-15-43)5-2-6-26(22)29-9-4-14-42-21-24(19-38-13-16-44)17-28(35)33(42)40-29/h2-3,5-11,17,20-21,37-38,43-44H,4,12-16,18-19H2,1H3,(H,41,45). The highest BCUT2D eigenvalue weighted by atomic mass is 35.5. The third-order valence-electron chi connectivity index (χ3n) is 7.49. The van der Waals surface area contributed by atoms with Crippen molar-refractivity contribution in [1.29, 1.82) is 0 Å². The number of aromatic nitrogens is 1. The van der Waals surface area contributed by atoms with E-state index >= 15 is 0 Å². The van der Waals surface area contributed by atoms with Crippen molar-refractivity contribution in [2.24, 2.45) is 4.99 Å². The summed E-state index contributed by atoms with van der Waals surface area (Å²) >= 11 is 13.6. The van der Waals surface area contributed by atoms with Crippen LogP contribution in [0.1, 0.15) is 33.6 Å².